The Morgan fingerprint density at radius 3 is 2.80 bits per heavy atom. The highest BCUT2D eigenvalue weighted by atomic mass is 16.5. The van der Waals surface area contributed by atoms with Crippen molar-refractivity contribution in [2.45, 2.75) is 39.8 Å². The third kappa shape index (κ3) is 3.84. The average Bonchev–Trinajstić information content (AvgIpc) is 2.78. The third-order valence-electron chi connectivity index (χ3n) is 3.48. The monoisotopic (exact) mass is 274 g/mol. The van der Waals surface area contributed by atoms with Gasteiger partial charge in [0.05, 0.1) is 12.7 Å². The molecule has 110 valence electrons. The molecular weight excluding hydrogens is 248 g/mol. The van der Waals surface area contributed by atoms with Crippen LogP contribution in [0.25, 0.3) is 10.9 Å². The fraction of sp³-hybridized carbons (Fsp3) is 0.529. The van der Waals surface area contributed by atoms with Gasteiger partial charge in [-0.1, -0.05) is 25.1 Å². The van der Waals surface area contributed by atoms with E-state index in [0.29, 0.717) is 6.10 Å². The number of rotatable bonds is 8. The zero-order chi connectivity index (χ0) is 14.4. The molecule has 0 amide bonds. The van der Waals surface area contributed by atoms with Crippen LogP contribution in [0.15, 0.2) is 30.5 Å². The number of benzene rings is 1. The molecule has 2 aromatic rings. The molecule has 0 radical (unpaired) electrons. The molecule has 0 saturated carbocycles. The number of nitrogens with one attached hydrogen (secondary N) is 1. The first-order valence-electron chi connectivity index (χ1n) is 7.61. The van der Waals surface area contributed by atoms with E-state index in [2.05, 4.69) is 61.1 Å². The molecule has 20 heavy (non-hydrogen) atoms. The molecule has 0 aliphatic carbocycles. The molecule has 1 aromatic heterocycles. The van der Waals surface area contributed by atoms with Crippen LogP contribution in [-0.4, -0.2) is 30.4 Å². The highest BCUT2D eigenvalue weighted by Crippen LogP contribution is 2.21. The molecule has 0 aliphatic heterocycles. The van der Waals surface area contributed by atoms with E-state index >= 15 is 0 Å². The Balaban J connectivity index is 2.13. The van der Waals surface area contributed by atoms with Crippen LogP contribution < -0.4 is 5.32 Å². The van der Waals surface area contributed by atoms with E-state index in [1.807, 2.05) is 0 Å². The zero-order valence-corrected chi connectivity index (χ0v) is 12.9. The molecule has 0 aliphatic rings. The predicted molar refractivity (Wildman–Crippen MR) is 85.3 cm³/mol. The summed E-state index contributed by atoms with van der Waals surface area (Å²) in [6, 6.07) is 8.64. The second kappa shape index (κ2) is 7.46. The van der Waals surface area contributed by atoms with Gasteiger partial charge in [0, 0.05) is 23.6 Å². The Morgan fingerprint density at radius 2 is 2.05 bits per heavy atom. The smallest absolute Gasteiger partial charge is 0.0649 e. The van der Waals surface area contributed by atoms with Gasteiger partial charge >= 0.3 is 0 Å². The number of nitrogens with zero attached hydrogens (tertiary/aromatic N) is 1. The molecule has 0 fully saturated rings. The van der Waals surface area contributed by atoms with E-state index in [-0.39, 0.29) is 0 Å². The summed E-state index contributed by atoms with van der Waals surface area (Å²) in [4.78, 5) is 0. The summed E-state index contributed by atoms with van der Waals surface area (Å²) in [5.41, 5.74) is 2.73. The molecule has 1 N–H and O–H groups in total. The maximum Gasteiger partial charge on any atom is 0.0649 e. The van der Waals surface area contributed by atoms with Crippen LogP contribution in [0, 0.1) is 0 Å². The van der Waals surface area contributed by atoms with Gasteiger partial charge in [0.25, 0.3) is 0 Å². The van der Waals surface area contributed by atoms with Crippen molar-refractivity contribution in [3.63, 3.8) is 0 Å². The van der Waals surface area contributed by atoms with Gasteiger partial charge in [-0.3, -0.25) is 0 Å². The van der Waals surface area contributed by atoms with Crippen molar-refractivity contribution >= 4 is 10.9 Å². The van der Waals surface area contributed by atoms with Crippen LogP contribution >= 0.6 is 0 Å². The van der Waals surface area contributed by atoms with E-state index in [4.69, 9.17) is 4.74 Å². The number of ether oxygens (including phenoxy) is 1. The lowest BCUT2D eigenvalue weighted by atomic mass is 10.1. The van der Waals surface area contributed by atoms with Crippen LogP contribution in [0.1, 0.15) is 26.3 Å². The summed E-state index contributed by atoms with van der Waals surface area (Å²) in [5.74, 6) is 0. The first-order chi connectivity index (χ1) is 9.72. The van der Waals surface area contributed by atoms with Crippen molar-refractivity contribution in [2.75, 3.05) is 19.7 Å². The van der Waals surface area contributed by atoms with Gasteiger partial charge in [-0.15, -0.1) is 0 Å². The van der Waals surface area contributed by atoms with Crippen LogP contribution in [0.4, 0.5) is 0 Å². The normalized spacial score (nSPS) is 11.6. The number of hydrogen-bond acceptors (Lipinski definition) is 2. The first kappa shape index (κ1) is 15.1. The lowest BCUT2D eigenvalue weighted by molar-refractivity contribution is 0.0733. The molecule has 1 heterocycles. The number of aromatic nitrogens is 1. The fourth-order valence-electron chi connectivity index (χ4n) is 2.49. The van der Waals surface area contributed by atoms with Crippen LogP contribution in [0.2, 0.25) is 0 Å². The van der Waals surface area contributed by atoms with Crippen molar-refractivity contribution in [1.82, 2.24) is 9.88 Å². The summed E-state index contributed by atoms with van der Waals surface area (Å²) < 4.78 is 7.99. The summed E-state index contributed by atoms with van der Waals surface area (Å²) in [5, 5.41) is 4.77. The molecule has 3 heteroatoms. The maximum absolute atomic E-state index is 5.67. The largest absolute Gasteiger partial charge is 0.377 e. The van der Waals surface area contributed by atoms with E-state index in [0.717, 1.165) is 32.7 Å². The van der Waals surface area contributed by atoms with Crippen LogP contribution in [-0.2, 0) is 17.7 Å². The molecule has 0 atom stereocenters. The van der Waals surface area contributed by atoms with Gasteiger partial charge in [-0.25, -0.2) is 0 Å². The topological polar surface area (TPSA) is 26.2 Å². The van der Waals surface area contributed by atoms with Crippen LogP contribution in [0.5, 0.6) is 0 Å². The third-order valence-corrected chi connectivity index (χ3v) is 3.48. The van der Waals surface area contributed by atoms with Crippen LogP contribution in [0.3, 0.4) is 0 Å². The van der Waals surface area contributed by atoms with E-state index < -0.39 is 0 Å². The van der Waals surface area contributed by atoms with E-state index in [1.165, 1.54) is 16.5 Å². The number of likely N-dealkylation sites (N-methyl/N-ethyl adjacent to an activating group) is 1. The van der Waals surface area contributed by atoms with Gasteiger partial charge in [0.1, 0.15) is 0 Å². The molecular formula is C17H26N2O. The van der Waals surface area contributed by atoms with Crippen molar-refractivity contribution in [3.05, 3.63) is 36.0 Å². The molecule has 2 rings (SSSR count). The molecule has 0 unspecified atom stereocenters. The fourth-order valence-corrected chi connectivity index (χ4v) is 2.49. The SMILES string of the molecule is CCNCCc1cn(CCOC(C)C)c2ccccc12. The Kier molecular flexibility index (Phi) is 5.62. The Bertz CT molecular complexity index is 531. The number of para-hydroxylation sites is 1. The molecule has 0 spiro atoms. The minimum Gasteiger partial charge on any atom is -0.377 e. The second-order valence-corrected chi connectivity index (χ2v) is 5.39. The summed E-state index contributed by atoms with van der Waals surface area (Å²) in [6.45, 7) is 10.1. The highest BCUT2D eigenvalue weighted by molar-refractivity contribution is 5.84. The zero-order valence-electron chi connectivity index (χ0n) is 12.9. The van der Waals surface area contributed by atoms with Crippen molar-refractivity contribution in [1.29, 1.82) is 0 Å². The Morgan fingerprint density at radius 1 is 1.25 bits per heavy atom. The first-order valence-corrected chi connectivity index (χ1v) is 7.61. The molecule has 1 aromatic carbocycles. The standard InChI is InChI=1S/C17H26N2O/c1-4-18-10-9-15-13-19(11-12-20-14(2)3)17-8-6-5-7-16(15)17/h5-8,13-14,18H,4,9-12H2,1-3H3. The lowest BCUT2D eigenvalue weighted by Gasteiger charge is -2.09. The molecule has 3 nitrogen and oxygen atoms in total. The average molecular weight is 274 g/mol. The van der Waals surface area contributed by atoms with Gasteiger partial charge in [0.2, 0.25) is 0 Å². The Labute approximate surface area is 121 Å². The van der Waals surface area contributed by atoms with Crippen molar-refractivity contribution in [3.8, 4) is 0 Å². The van der Waals surface area contributed by atoms with Crippen molar-refractivity contribution in [2.24, 2.45) is 0 Å². The number of hydrogen-bond donors (Lipinski definition) is 1. The minimum atomic E-state index is 0.296. The summed E-state index contributed by atoms with van der Waals surface area (Å²) in [6.07, 6.45) is 3.66. The Hall–Kier alpha value is -1.32. The predicted octanol–water partition coefficient (Wildman–Crippen LogP) is 3.22. The highest BCUT2D eigenvalue weighted by Gasteiger charge is 2.07. The minimum absolute atomic E-state index is 0.296. The maximum atomic E-state index is 5.67. The number of fused-ring (bicyclic) bond motifs is 1. The van der Waals surface area contributed by atoms with Gasteiger partial charge in [-0.05, 0) is 45.0 Å². The summed E-state index contributed by atoms with van der Waals surface area (Å²) in [7, 11) is 0. The van der Waals surface area contributed by atoms with E-state index in [9.17, 15) is 0 Å². The van der Waals surface area contributed by atoms with Gasteiger partial charge in [0.15, 0.2) is 0 Å². The van der Waals surface area contributed by atoms with E-state index in [1.54, 1.807) is 0 Å². The lowest BCUT2D eigenvalue weighted by Crippen LogP contribution is -2.15. The summed E-state index contributed by atoms with van der Waals surface area (Å²) >= 11 is 0. The quantitative estimate of drug-likeness (QED) is 0.748. The second-order valence-electron chi connectivity index (χ2n) is 5.39. The molecule has 0 bridgehead atoms. The molecule has 0 saturated heterocycles. The van der Waals surface area contributed by atoms with Crippen molar-refractivity contribution < 1.29 is 4.74 Å². The van der Waals surface area contributed by atoms with Gasteiger partial charge < -0.3 is 14.6 Å². The van der Waals surface area contributed by atoms with Gasteiger partial charge in [-0.2, -0.15) is 0 Å².